The summed E-state index contributed by atoms with van der Waals surface area (Å²) in [6.07, 6.45) is 8.41. The van der Waals surface area contributed by atoms with Crippen molar-refractivity contribution in [2.24, 2.45) is 0 Å². The second-order valence-electron chi connectivity index (χ2n) is 8.09. The fraction of sp³-hybridized carbons (Fsp3) is 0.0385. The van der Waals surface area contributed by atoms with Crippen LogP contribution < -0.4 is 16.0 Å². The number of imidazole rings is 1. The van der Waals surface area contributed by atoms with Gasteiger partial charge in [-0.3, -0.25) is 9.59 Å². The third-order valence-electron chi connectivity index (χ3n) is 5.43. The molecule has 2 amide bonds. The number of hydrogen-bond acceptors (Lipinski definition) is 6. The van der Waals surface area contributed by atoms with Crippen LogP contribution in [0.1, 0.15) is 27.4 Å². The molecule has 9 nitrogen and oxygen atoms in total. The Hall–Kier alpha value is -4.90. The minimum Gasteiger partial charge on any atom is -0.346 e. The van der Waals surface area contributed by atoms with Crippen LogP contribution in [-0.4, -0.2) is 38.3 Å². The van der Waals surface area contributed by atoms with Gasteiger partial charge < -0.3 is 20.9 Å². The van der Waals surface area contributed by atoms with E-state index in [0.717, 1.165) is 29.0 Å². The number of aromatic nitrogens is 4. The second kappa shape index (κ2) is 10.6. The number of fused-ring (bicyclic) bond motifs is 1. The summed E-state index contributed by atoms with van der Waals surface area (Å²) in [5.74, 6) is -2.87. The van der Waals surface area contributed by atoms with Gasteiger partial charge in [-0.2, -0.15) is 0 Å². The Balaban J connectivity index is 1.21. The quantitative estimate of drug-likeness (QED) is 0.200. The molecular formula is C26H18ClF2N7O2. The maximum absolute atomic E-state index is 13.5. The van der Waals surface area contributed by atoms with Crippen molar-refractivity contribution in [3.63, 3.8) is 0 Å². The predicted molar refractivity (Wildman–Crippen MR) is 140 cm³/mol. The Morgan fingerprint density at radius 1 is 1.08 bits per heavy atom. The van der Waals surface area contributed by atoms with Crippen molar-refractivity contribution in [3.8, 4) is 0 Å². The number of hydrogen-bond donors (Lipinski definition) is 4. The number of carbonyl (C=O) groups is 2. The lowest BCUT2D eigenvalue weighted by Crippen LogP contribution is -2.25. The molecule has 38 heavy (non-hydrogen) atoms. The highest BCUT2D eigenvalue weighted by Gasteiger charge is 2.24. The van der Waals surface area contributed by atoms with Gasteiger partial charge in [-0.05, 0) is 29.8 Å². The highest BCUT2D eigenvalue weighted by Crippen LogP contribution is 2.33. The number of rotatable bonds is 7. The smallest absolute Gasteiger partial charge is 0.289 e. The number of carbonyl (C=O) groups excluding carboxylic acids is 2. The number of aromatic amines is 1. The molecule has 2 aromatic heterocycles. The summed E-state index contributed by atoms with van der Waals surface area (Å²) >= 11 is 6.01. The van der Waals surface area contributed by atoms with E-state index in [1.165, 1.54) is 18.5 Å². The number of amides is 2. The SMILES string of the molecule is O=C1Nc2cc(/C=C/CNC(=O)c3nc(Cl)cc(Nc4ccc(F)c(F)c4)n3)ccc2/C1=C/c1cnc[nH]1. The number of nitrogens with one attached hydrogen (secondary N) is 4. The first-order valence-corrected chi connectivity index (χ1v) is 11.6. The fourth-order valence-electron chi connectivity index (χ4n) is 3.69. The van der Waals surface area contributed by atoms with E-state index in [1.54, 1.807) is 24.4 Å². The highest BCUT2D eigenvalue weighted by atomic mass is 35.5. The van der Waals surface area contributed by atoms with Gasteiger partial charge in [0.2, 0.25) is 5.82 Å². The topological polar surface area (TPSA) is 125 Å². The molecule has 5 rings (SSSR count). The first-order chi connectivity index (χ1) is 18.4. The Morgan fingerprint density at radius 3 is 2.74 bits per heavy atom. The van der Waals surface area contributed by atoms with Crippen molar-refractivity contribution in [3.05, 3.63) is 100 Å². The van der Waals surface area contributed by atoms with Gasteiger partial charge in [-0.25, -0.2) is 23.7 Å². The molecule has 0 atom stereocenters. The molecule has 1 aliphatic heterocycles. The molecule has 0 unspecified atom stereocenters. The molecule has 0 saturated heterocycles. The van der Waals surface area contributed by atoms with Gasteiger partial charge in [0.15, 0.2) is 11.6 Å². The second-order valence-corrected chi connectivity index (χ2v) is 8.48. The van der Waals surface area contributed by atoms with E-state index in [2.05, 4.69) is 35.9 Å². The summed E-state index contributed by atoms with van der Waals surface area (Å²) in [6.45, 7) is 0.162. The molecule has 3 heterocycles. The van der Waals surface area contributed by atoms with Gasteiger partial charge in [0.1, 0.15) is 11.0 Å². The Bertz CT molecular complexity index is 1600. The van der Waals surface area contributed by atoms with Gasteiger partial charge in [0.05, 0.1) is 23.8 Å². The van der Waals surface area contributed by atoms with E-state index in [-0.39, 0.29) is 34.9 Å². The van der Waals surface area contributed by atoms with Crippen LogP contribution >= 0.6 is 11.6 Å². The van der Waals surface area contributed by atoms with Gasteiger partial charge in [0.25, 0.3) is 11.8 Å². The van der Waals surface area contributed by atoms with E-state index >= 15 is 0 Å². The Morgan fingerprint density at radius 2 is 1.95 bits per heavy atom. The summed E-state index contributed by atoms with van der Waals surface area (Å²) in [7, 11) is 0. The predicted octanol–water partition coefficient (Wildman–Crippen LogP) is 4.81. The zero-order valence-corrected chi connectivity index (χ0v) is 20.2. The molecular weight excluding hydrogens is 516 g/mol. The lowest BCUT2D eigenvalue weighted by atomic mass is 10.0. The molecule has 2 aromatic carbocycles. The van der Waals surface area contributed by atoms with E-state index < -0.39 is 17.5 Å². The van der Waals surface area contributed by atoms with Crippen LogP contribution in [0.3, 0.4) is 0 Å². The molecule has 4 aromatic rings. The average molecular weight is 534 g/mol. The molecule has 4 N–H and O–H groups in total. The number of anilines is 3. The molecule has 0 aliphatic carbocycles. The van der Waals surface area contributed by atoms with Crippen molar-refractivity contribution in [2.75, 3.05) is 17.2 Å². The van der Waals surface area contributed by atoms with Crippen LogP contribution in [0.25, 0.3) is 17.7 Å². The zero-order valence-electron chi connectivity index (χ0n) is 19.4. The van der Waals surface area contributed by atoms with Crippen molar-refractivity contribution in [2.45, 2.75) is 0 Å². The number of H-pyrrole nitrogens is 1. The standard InChI is InChI=1S/C26H18ClF2N7O2/c27-22-11-23(33-15-4-6-19(28)20(29)10-15)36-24(35-22)26(38)31-7-1-2-14-3-5-17-18(9-16-12-30-13-32-16)25(37)34-21(17)8-14/h1-6,8-13H,7H2,(H,30,32)(H,31,38)(H,34,37)(H,33,35,36)/b2-1+,18-9-. The first kappa shape index (κ1) is 24.8. The number of nitrogens with zero attached hydrogens (tertiary/aromatic N) is 3. The monoisotopic (exact) mass is 533 g/mol. The average Bonchev–Trinajstić information content (AvgIpc) is 3.51. The van der Waals surface area contributed by atoms with Gasteiger partial charge >= 0.3 is 0 Å². The molecule has 0 spiro atoms. The third kappa shape index (κ3) is 5.57. The van der Waals surface area contributed by atoms with Crippen LogP contribution in [-0.2, 0) is 4.79 Å². The Labute approximate surface area is 219 Å². The number of halogens is 3. The fourth-order valence-corrected chi connectivity index (χ4v) is 3.87. The summed E-state index contributed by atoms with van der Waals surface area (Å²) in [6, 6.07) is 10.1. The van der Waals surface area contributed by atoms with Crippen LogP contribution in [0.2, 0.25) is 5.15 Å². The van der Waals surface area contributed by atoms with E-state index in [9.17, 15) is 18.4 Å². The van der Waals surface area contributed by atoms with Crippen molar-refractivity contribution in [1.82, 2.24) is 25.3 Å². The van der Waals surface area contributed by atoms with Crippen LogP contribution in [0.15, 0.2) is 61.1 Å². The maximum atomic E-state index is 13.5. The normalized spacial score (nSPS) is 13.6. The third-order valence-corrected chi connectivity index (χ3v) is 5.62. The molecule has 12 heteroatoms. The molecule has 1 aliphatic rings. The minimum atomic E-state index is -1.03. The zero-order chi connectivity index (χ0) is 26.6. The largest absolute Gasteiger partial charge is 0.346 e. The molecule has 190 valence electrons. The summed E-state index contributed by atoms with van der Waals surface area (Å²) < 4.78 is 26.6. The van der Waals surface area contributed by atoms with Gasteiger partial charge in [0, 0.05) is 35.6 Å². The molecule has 0 bridgehead atoms. The molecule has 0 saturated carbocycles. The molecule has 0 fully saturated rings. The maximum Gasteiger partial charge on any atom is 0.289 e. The molecule has 0 radical (unpaired) electrons. The highest BCUT2D eigenvalue weighted by molar-refractivity contribution is 6.34. The lowest BCUT2D eigenvalue weighted by molar-refractivity contribution is -0.110. The first-order valence-electron chi connectivity index (χ1n) is 11.2. The lowest BCUT2D eigenvalue weighted by Gasteiger charge is -2.08. The van der Waals surface area contributed by atoms with E-state index in [4.69, 9.17) is 11.6 Å². The van der Waals surface area contributed by atoms with E-state index in [1.807, 2.05) is 18.2 Å². The summed E-state index contributed by atoms with van der Waals surface area (Å²) in [4.78, 5) is 39.8. The summed E-state index contributed by atoms with van der Waals surface area (Å²) in [5, 5.41) is 8.26. The van der Waals surface area contributed by atoms with E-state index in [0.29, 0.717) is 11.3 Å². The number of benzene rings is 2. The van der Waals surface area contributed by atoms with Gasteiger partial charge in [-0.1, -0.05) is 35.9 Å². The Kier molecular flexibility index (Phi) is 6.92. The van der Waals surface area contributed by atoms with Crippen LogP contribution in [0.4, 0.5) is 26.0 Å². The van der Waals surface area contributed by atoms with Crippen LogP contribution in [0.5, 0.6) is 0 Å². The van der Waals surface area contributed by atoms with Crippen molar-refractivity contribution in [1.29, 1.82) is 0 Å². The minimum absolute atomic E-state index is 0.00749. The summed E-state index contributed by atoms with van der Waals surface area (Å²) in [5.41, 5.74) is 3.76. The van der Waals surface area contributed by atoms with Crippen LogP contribution in [0, 0.1) is 11.6 Å². The van der Waals surface area contributed by atoms with Gasteiger partial charge in [-0.15, -0.1) is 0 Å². The van der Waals surface area contributed by atoms with Crippen molar-refractivity contribution >= 4 is 58.3 Å². The van der Waals surface area contributed by atoms with Crippen molar-refractivity contribution < 1.29 is 18.4 Å².